The summed E-state index contributed by atoms with van der Waals surface area (Å²) in [5, 5.41) is 22.8. The molecule has 0 aliphatic rings. The Bertz CT molecular complexity index is 905. The highest BCUT2D eigenvalue weighted by molar-refractivity contribution is 6.30. The van der Waals surface area contributed by atoms with Gasteiger partial charge in [-0.15, -0.1) is 0 Å². The van der Waals surface area contributed by atoms with Gasteiger partial charge in [-0.2, -0.15) is 5.26 Å². The van der Waals surface area contributed by atoms with E-state index in [1.807, 2.05) is 26.0 Å². The van der Waals surface area contributed by atoms with Crippen LogP contribution in [0.2, 0.25) is 5.02 Å². The lowest BCUT2D eigenvalue weighted by Crippen LogP contribution is -2.29. The van der Waals surface area contributed by atoms with Crippen molar-refractivity contribution in [1.82, 2.24) is 9.88 Å². The van der Waals surface area contributed by atoms with Crippen molar-refractivity contribution in [2.75, 3.05) is 6.54 Å². The molecule has 6 heteroatoms. The van der Waals surface area contributed by atoms with Crippen molar-refractivity contribution in [2.24, 2.45) is 5.92 Å². The number of amides is 1. The van der Waals surface area contributed by atoms with Crippen LogP contribution in [0.5, 0.6) is 0 Å². The molecular weight excluding hydrogens is 374 g/mol. The van der Waals surface area contributed by atoms with Gasteiger partial charge in [0.05, 0.1) is 6.10 Å². The molecule has 2 aromatic rings. The summed E-state index contributed by atoms with van der Waals surface area (Å²) in [7, 11) is 0. The number of carbonyl (C=O) groups is 1. The van der Waals surface area contributed by atoms with Crippen LogP contribution < -0.4 is 5.32 Å². The van der Waals surface area contributed by atoms with Gasteiger partial charge in [0.25, 0.3) is 5.91 Å². The van der Waals surface area contributed by atoms with E-state index in [0.29, 0.717) is 16.5 Å². The number of hydrogen-bond donors (Lipinski definition) is 2. The van der Waals surface area contributed by atoms with Gasteiger partial charge in [0.2, 0.25) is 0 Å². The number of aryl methyl sites for hydroxylation is 1. The summed E-state index contributed by atoms with van der Waals surface area (Å²) in [4.78, 5) is 12.4. The highest BCUT2D eigenvalue weighted by atomic mass is 35.5. The van der Waals surface area contributed by atoms with Crippen molar-refractivity contribution in [2.45, 2.75) is 40.3 Å². The standard InChI is InChI=1S/C22H26ClN3O2/c1-14(2)13-26-15(3)9-18(16(26)4)10-19(11-24)22(28)25-12-21(27)17-5-7-20(23)8-6-17/h5-10,14,21,27H,12-13H2,1-4H3,(H,25,28)/b19-10-. The van der Waals surface area contributed by atoms with Gasteiger partial charge >= 0.3 is 0 Å². The molecule has 0 radical (unpaired) electrons. The summed E-state index contributed by atoms with van der Waals surface area (Å²) in [5.74, 6) is -0.0149. The molecular formula is C22H26ClN3O2. The van der Waals surface area contributed by atoms with Crippen LogP contribution in [0.3, 0.4) is 0 Å². The lowest BCUT2D eigenvalue weighted by Gasteiger charge is -2.12. The normalized spacial score (nSPS) is 12.7. The SMILES string of the molecule is Cc1cc(/C=C(/C#N)C(=O)NCC(O)c2ccc(Cl)cc2)c(C)n1CC(C)C. The number of nitrogens with zero attached hydrogens (tertiary/aromatic N) is 2. The van der Waals surface area contributed by atoms with E-state index >= 15 is 0 Å². The minimum absolute atomic E-state index is 0.00581. The van der Waals surface area contributed by atoms with Crippen LogP contribution in [0.4, 0.5) is 0 Å². The second-order valence-corrected chi connectivity index (χ2v) is 7.71. The number of nitrogens with one attached hydrogen (secondary N) is 1. The van der Waals surface area contributed by atoms with E-state index in [1.54, 1.807) is 30.3 Å². The Labute approximate surface area is 171 Å². The number of benzene rings is 1. The maximum atomic E-state index is 12.4. The molecule has 1 aromatic carbocycles. The van der Waals surface area contributed by atoms with Gasteiger partial charge in [-0.3, -0.25) is 4.79 Å². The molecule has 0 spiro atoms. The van der Waals surface area contributed by atoms with Gasteiger partial charge in [0, 0.05) is 29.5 Å². The maximum absolute atomic E-state index is 12.4. The van der Waals surface area contributed by atoms with Crippen LogP contribution in [0, 0.1) is 31.1 Å². The predicted molar refractivity (Wildman–Crippen MR) is 112 cm³/mol. The molecule has 148 valence electrons. The van der Waals surface area contributed by atoms with Crippen LogP contribution in [-0.2, 0) is 11.3 Å². The first kappa shape index (κ1) is 21.7. The van der Waals surface area contributed by atoms with E-state index in [0.717, 1.165) is 23.5 Å². The number of carbonyl (C=O) groups excluding carboxylic acids is 1. The zero-order chi connectivity index (χ0) is 20.8. The maximum Gasteiger partial charge on any atom is 0.262 e. The lowest BCUT2D eigenvalue weighted by atomic mass is 10.1. The minimum atomic E-state index is -0.878. The second-order valence-electron chi connectivity index (χ2n) is 7.28. The van der Waals surface area contributed by atoms with Gasteiger partial charge in [0.15, 0.2) is 0 Å². The molecule has 1 heterocycles. The third kappa shape index (κ3) is 5.48. The summed E-state index contributed by atoms with van der Waals surface area (Å²) < 4.78 is 2.19. The Hall–Kier alpha value is -2.55. The zero-order valence-corrected chi connectivity index (χ0v) is 17.4. The molecule has 5 nitrogen and oxygen atoms in total. The number of aromatic nitrogens is 1. The monoisotopic (exact) mass is 399 g/mol. The summed E-state index contributed by atoms with van der Waals surface area (Å²) in [6.07, 6.45) is 0.723. The third-order valence-electron chi connectivity index (χ3n) is 4.54. The molecule has 0 saturated heterocycles. The smallest absolute Gasteiger partial charge is 0.262 e. The van der Waals surface area contributed by atoms with Crippen molar-refractivity contribution >= 4 is 23.6 Å². The fourth-order valence-corrected chi connectivity index (χ4v) is 3.14. The Balaban J connectivity index is 2.11. The first-order valence-corrected chi connectivity index (χ1v) is 9.61. The van der Waals surface area contributed by atoms with Crippen molar-refractivity contribution in [1.29, 1.82) is 5.26 Å². The van der Waals surface area contributed by atoms with E-state index in [9.17, 15) is 15.2 Å². The fraction of sp³-hybridized carbons (Fsp3) is 0.364. The highest BCUT2D eigenvalue weighted by Gasteiger charge is 2.15. The molecule has 1 unspecified atom stereocenters. The lowest BCUT2D eigenvalue weighted by molar-refractivity contribution is -0.117. The van der Waals surface area contributed by atoms with Gasteiger partial charge in [-0.1, -0.05) is 37.6 Å². The zero-order valence-electron chi connectivity index (χ0n) is 16.7. The predicted octanol–water partition coefficient (Wildman–Crippen LogP) is 4.17. The van der Waals surface area contributed by atoms with Crippen LogP contribution in [0.25, 0.3) is 6.08 Å². The first-order valence-electron chi connectivity index (χ1n) is 9.23. The molecule has 28 heavy (non-hydrogen) atoms. The number of nitriles is 1. The second kappa shape index (κ2) is 9.59. The number of hydrogen-bond acceptors (Lipinski definition) is 3. The summed E-state index contributed by atoms with van der Waals surface area (Å²) in [5.41, 5.74) is 3.61. The average molecular weight is 400 g/mol. The first-order chi connectivity index (χ1) is 13.2. The van der Waals surface area contributed by atoms with Crippen molar-refractivity contribution in [3.8, 4) is 6.07 Å². The van der Waals surface area contributed by atoms with E-state index in [1.165, 1.54) is 0 Å². The summed E-state index contributed by atoms with van der Waals surface area (Å²) in [6, 6.07) is 10.7. The van der Waals surface area contributed by atoms with Crippen LogP contribution in [0.15, 0.2) is 35.9 Å². The Morgan fingerprint density at radius 2 is 1.96 bits per heavy atom. The van der Waals surface area contributed by atoms with Crippen molar-refractivity contribution in [3.05, 3.63) is 63.4 Å². The van der Waals surface area contributed by atoms with Gasteiger partial charge < -0.3 is 15.0 Å². The highest BCUT2D eigenvalue weighted by Crippen LogP contribution is 2.20. The van der Waals surface area contributed by atoms with Crippen LogP contribution in [-0.4, -0.2) is 22.1 Å². The van der Waals surface area contributed by atoms with Gasteiger partial charge in [0.1, 0.15) is 11.6 Å². The summed E-state index contributed by atoms with van der Waals surface area (Å²) >= 11 is 5.84. The van der Waals surface area contributed by atoms with E-state index < -0.39 is 12.0 Å². The molecule has 0 saturated carbocycles. The van der Waals surface area contributed by atoms with Gasteiger partial charge in [-0.25, -0.2) is 0 Å². The molecule has 0 aliphatic heterocycles. The van der Waals surface area contributed by atoms with E-state index in [4.69, 9.17) is 11.6 Å². The largest absolute Gasteiger partial charge is 0.387 e. The van der Waals surface area contributed by atoms with E-state index in [-0.39, 0.29) is 12.1 Å². The van der Waals surface area contributed by atoms with Crippen LogP contribution in [0.1, 0.15) is 42.5 Å². The molecule has 2 rings (SSSR count). The number of aliphatic hydroxyl groups is 1. The Morgan fingerprint density at radius 3 is 2.54 bits per heavy atom. The third-order valence-corrected chi connectivity index (χ3v) is 4.79. The number of aliphatic hydroxyl groups excluding tert-OH is 1. The molecule has 0 bridgehead atoms. The average Bonchev–Trinajstić information content (AvgIpc) is 2.91. The van der Waals surface area contributed by atoms with Crippen molar-refractivity contribution in [3.63, 3.8) is 0 Å². The Morgan fingerprint density at radius 1 is 1.32 bits per heavy atom. The van der Waals surface area contributed by atoms with Gasteiger partial charge in [-0.05, 0) is 55.2 Å². The van der Waals surface area contributed by atoms with Crippen molar-refractivity contribution < 1.29 is 9.90 Å². The molecule has 0 fully saturated rings. The molecule has 1 atom stereocenters. The molecule has 1 amide bonds. The molecule has 0 aliphatic carbocycles. The quantitative estimate of drug-likeness (QED) is 0.541. The fourth-order valence-electron chi connectivity index (χ4n) is 3.01. The number of halogens is 1. The number of rotatable bonds is 7. The minimum Gasteiger partial charge on any atom is -0.387 e. The topological polar surface area (TPSA) is 78.1 Å². The molecule has 2 N–H and O–H groups in total. The van der Waals surface area contributed by atoms with Crippen LogP contribution >= 0.6 is 11.6 Å². The van der Waals surface area contributed by atoms with E-state index in [2.05, 4.69) is 23.7 Å². The Kier molecular flexibility index (Phi) is 7.45. The summed E-state index contributed by atoms with van der Waals surface area (Å²) in [6.45, 7) is 9.18. The molecule has 1 aromatic heterocycles.